The molecule has 1 heterocycles. The number of aromatic nitrogens is 1. The maximum absolute atomic E-state index is 10.7. The Bertz CT molecular complexity index is 584. The number of nitrogens with zero attached hydrogens (tertiary/aromatic N) is 1. The summed E-state index contributed by atoms with van der Waals surface area (Å²) in [6, 6.07) is 8.12. The number of carboxylic acids is 1. The molecule has 6 heteroatoms. The van der Waals surface area contributed by atoms with Crippen LogP contribution >= 0.6 is 24.0 Å². The van der Waals surface area contributed by atoms with Gasteiger partial charge in [0.15, 0.2) is 0 Å². The summed E-state index contributed by atoms with van der Waals surface area (Å²) in [6.45, 7) is 0.505. The van der Waals surface area contributed by atoms with Crippen molar-refractivity contribution < 1.29 is 14.6 Å². The molecule has 0 fully saturated rings. The second-order valence-electron chi connectivity index (χ2n) is 5.31. The normalized spacial score (nSPS) is 12.0. The molecule has 1 N–H and O–H groups in total. The van der Waals surface area contributed by atoms with Crippen LogP contribution in [0.2, 0.25) is 0 Å². The second kappa shape index (κ2) is 9.57. The number of rotatable bonds is 10. The molecular formula is C17H21NO3S2. The van der Waals surface area contributed by atoms with Crippen LogP contribution in [-0.2, 0) is 17.8 Å². The van der Waals surface area contributed by atoms with E-state index in [1.54, 1.807) is 17.5 Å². The fraction of sp³-hybridized carbons (Fsp3) is 0.412. The topological polar surface area (TPSA) is 59.4 Å². The van der Waals surface area contributed by atoms with Gasteiger partial charge in [0, 0.05) is 11.6 Å². The number of benzene rings is 1. The van der Waals surface area contributed by atoms with Gasteiger partial charge in [-0.05, 0) is 37.0 Å². The number of unbranched alkanes of at least 4 members (excludes halogenated alkanes) is 2. The lowest BCUT2D eigenvalue weighted by Gasteiger charge is -2.07. The highest BCUT2D eigenvalue weighted by atomic mass is 32.1. The van der Waals surface area contributed by atoms with E-state index in [2.05, 4.69) is 29.7 Å². The van der Waals surface area contributed by atoms with Gasteiger partial charge in [-0.2, -0.15) is 12.6 Å². The zero-order chi connectivity index (χ0) is 16.5. The predicted octanol–water partition coefficient (Wildman–Crippen LogP) is 4.21. The van der Waals surface area contributed by atoms with Gasteiger partial charge in [-0.15, -0.1) is 11.3 Å². The minimum absolute atomic E-state index is 0.505. The van der Waals surface area contributed by atoms with Crippen molar-refractivity contribution in [1.29, 1.82) is 0 Å². The van der Waals surface area contributed by atoms with Crippen molar-refractivity contribution in [3.05, 3.63) is 46.4 Å². The third-order valence-corrected chi connectivity index (χ3v) is 4.73. The largest absolute Gasteiger partial charge is 0.486 e. The molecule has 23 heavy (non-hydrogen) atoms. The molecule has 0 aliphatic carbocycles. The molecule has 4 nitrogen and oxygen atoms in total. The van der Waals surface area contributed by atoms with Crippen LogP contribution in [0.3, 0.4) is 0 Å². The van der Waals surface area contributed by atoms with Gasteiger partial charge in [0.1, 0.15) is 17.4 Å². The van der Waals surface area contributed by atoms with Crippen LogP contribution in [0.15, 0.2) is 35.8 Å². The lowest BCUT2D eigenvalue weighted by molar-refractivity contribution is -0.136. The molecule has 124 valence electrons. The van der Waals surface area contributed by atoms with E-state index in [9.17, 15) is 4.79 Å². The van der Waals surface area contributed by atoms with Crippen molar-refractivity contribution in [3.8, 4) is 5.75 Å². The van der Waals surface area contributed by atoms with Crippen LogP contribution in [0, 0.1) is 0 Å². The lowest BCUT2D eigenvalue weighted by atomic mass is 10.1. The summed E-state index contributed by atoms with van der Waals surface area (Å²) in [4.78, 5) is 14.8. The molecule has 0 aliphatic rings. The van der Waals surface area contributed by atoms with Crippen LogP contribution in [0.1, 0.15) is 36.3 Å². The monoisotopic (exact) mass is 351 g/mol. The summed E-state index contributed by atoms with van der Waals surface area (Å²) < 4.78 is 5.68. The molecule has 0 amide bonds. The van der Waals surface area contributed by atoms with Crippen LogP contribution in [0.4, 0.5) is 0 Å². The van der Waals surface area contributed by atoms with Gasteiger partial charge >= 0.3 is 5.97 Å². The lowest BCUT2D eigenvalue weighted by Crippen LogP contribution is -2.12. The molecule has 0 spiro atoms. The fourth-order valence-corrected chi connectivity index (χ4v) is 2.90. The Balaban J connectivity index is 1.63. The Hall–Kier alpha value is -1.53. The fourth-order valence-electron chi connectivity index (χ4n) is 2.19. The number of thiol groups is 1. The Morgan fingerprint density at radius 3 is 2.70 bits per heavy atom. The molecule has 0 saturated heterocycles. The van der Waals surface area contributed by atoms with Crippen molar-refractivity contribution in [2.24, 2.45) is 0 Å². The molecule has 2 aromatic rings. The Labute approximate surface area is 145 Å². The van der Waals surface area contributed by atoms with Gasteiger partial charge < -0.3 is 9.84 Å². The molecule has 1 atom stereocenters. The zero-order valence-electron chi connectivity index (χ0n) is 12.9. The quantitative estimate of drug-likeness (QED) is 0.497. The van der Waals surface area contributed by atoms with Gasteiger partial charge in [0.05, 0.1) is 5.25 Å². The van der Waals surface area contributed by atoms with Crippen molar-refractivity contribution in [2.75, 3.05) is 0 Å². The van der Waals surface area contributed by atoms with Gasteiger partial charge in [0.2, 0.25) is 0 Å². The molecule has 1 unspecified atom stereocenters. The average molecular weight is 351 g/mol. The number of hydrogen-bond acceptors (Lipinski definition) is 5. The number of carbonyl (C=O) groups is 1. The maximum Gasteiger partial charge on any atom is 0.316 e. The summed E-state index contributed by atoms with van der Waals surface area (Å²) in [5.74, 6) is 0.0185. The van der Waals surface area contributed by atoms with Crippen LogP contribution in [-0.4, -0.2) is 21.3 Å². The van der Waals surface area contributed by atoms with E-state index >= 15 is 0 Å². The molecule has 0 radical (unpaired) electrons. The molecule has 0 aliphatic heterocycles. The van der Waals surface area contributed by atoms with Crippen molar-refractivity contribution in [2.45, 2.75) is 44.0 Å². The number of carboxylic acid groups (broad SMARTS) is 1. The summed E-state index contributed by atoms with van der Waals surface area (Å²) in [5.41, 5.74) is 1.27. The predicted molar refractivity (Wildman–Crippen MR) is 95.5 cm³/mol. The summed E-state index contributed by atoms with van der Waals surface area (Å²) in [5, 5.41) is 11.1. The van der Waals surface area contributed by atoms with E-state index in [-0.39, 0.29) is 0 Å². The minimum Gasteiger partial charge on any atom is -0.486 e. The van der Waals surface area contributed by atoms with Gasteiger partial charge in [-0.25, -0.2) is 4.98 Å². The third kappa shape index (κ3) is 6.62. The molecule has 0 saturated carbocycles. The van der Waals surface area contributed by atoms with Crippen molar-refractivity contribution in [3.63, 3.8) is 0 Å². The van der Waals surface area contributed by atoms with Crippen LogP contribution < -0.4 is 4.74 Å². The Morgan fingerprint density at radius 1 is 1.26 bits per heavy atom. The van der Waals surface area contributed by atoms with Crippen molar-refractivity contribution in [1.82, 2.24) is 4.98 Å². The highest BCUT2D eigenvalue weighted by molar-refractivity contribution is 7.81. The summed E-state index contributed by atoms with van der Waals surface area (Å²) >= 11 is 5.62. The summed E-state index contributed by atoms with van der Waals surface area (Å²) in [6.07, 6.45) is 6.37. The number of aryl methyl sites for hydroxylation is 1. The van der Waals surface area contributed by atoms with Crippen molar-refractivity contribution >= 4 is 29.9 Å². The first-order valence-electron chi connectivity index (χ1n) is 7.66. The zero-order valence-corrected chi connectivity index (χ0v) is 14.6. The Kier molecular flexibility index (Phi) is 7.42. The first kappa shape index (κ1) is 17.8. The molecule has 1 aromatic carbocycles. The number of ether oxygens (including phenoxy) is 1. The smallest absolute Gasteiger partial charge is 0.316 e. The number of thiazole rings is 1. The minimum atomic E-state index is -0.832. The molecule has 2 rings (SSSR count). The van der Waals surface area contributed by atoms with E-state index in [1.807, 2.05) is 17.5 Å². The number of aliphatic carboxylic acids is 1. The molecular weight excluding hydrogens is 330 g/mol. The molecule has 1 aromatic heterocycles. The van der Waals surface area contributed by atoms with Gasteiger partial charge in [0.25, 0.3) is 0 Å². The SMILES string of the molecule is O=C(O)C(S)CCCCCc1ccc(OCc2nccs2)cc1. The highest BCUT2D eigenvalue weighted by Crippen LogP contribution is 2.17. The summed E-state index contributed by atoms with van der Waals surface area (Å²) in [7, 11) is 0. The number of hydrogen-bond donors (Lipinski definition) is 2. The third-order valence-electron chi connectivity index (χ3n) is 3.50. The van der Waals surface area contributed by atoms with Gasteiger partial charge in [-0.1, -0.05) is 25.0 Å². The first-order valence-corrected chi connectivity index (χ1v) is 9.06. The standard InChI is InChI=1S/C17H21NO3S2/c19-17(20)15(22)5-3-1-2-4-13-6-8-14(9-7-13)21-12-16-18-10-11-23-16/h6-11,15,22H,1-5,12H2,(H,19,20). The van der Waals surface area contributed by atoms with E-state index in [0.717, 1.165) is 36.4 Å². The average Bonchev–Trinajstić information content (AvgIpc) is 3.07. The van der Waals surface area contributed by atoms with E-state index in [4.69, 9.17) is 9.84 Å². The Morgan fingerprint density at radius 2 is 2.04 bits per heavy atom. The van der Waals surface area contributed by atoms with Gasteiger partial charge in [-0.3, -0.25) is 4.79 Å². The second-order valence-corrected chi connectivity index (χ2v) is 6.91. The highest BCUT2D eigenvalue weighted by Gasteiger charge is 2.10. The maximum atomic E-state index is 10.7. The van der Waals surface area contributed by atoms with Crippen LogP contribution in [0.5, 0.6) is 5.75 Å². The van der Waals surface area contributed by atoms with E-state index in [0.29, 0.717) is 13.0 Å². The van der Waals surface area contributed by atoms with Crippen LogP contribution in [0.25, 0.3) is 0 Å². The first-order chi connectivity index (χ1) is 11.1. The van der Waals surface area contributed by atoms with E-state index in [1.165, 1.54) is 5.56 Å². The van der Waals surface area contributed by atoms with E-state index < -0.39 is 11.2 Å². The molecule has 0 bridgehead atoms.